The highest BCUT2D eigenvalue weighted by molar-refractivity contribution is 4.84. The van der Waals surface area contributed by atoms with Crippen molar-refractivity contribution >= 4 is 0 Å². The average molecular weight is 616 g/mol. The molecule has 0 unspecified atom stereocenters. The summed E-state index contributed by atoms with van der Waals surface area (Å²) in [6, 6.07) is 0. The average Bonchev–Trinajstić information content (AvgIpc) is 3.42. The van der Waals surface area contributed by atoms with Gasteiger partial charge in [0.25, 0.3) is 5.82 Å². The summed E-state index contributed by atoms with van der Waals surface area (Å²) in [5, 5.41) is 0. The van der Waals surface area contributed by atoms with Gasteiger partial charge in [-0.25, -0.2) is 9.13 Å². The molecule has 1 rings (SSSR count). The predicted octanol–water partition coefficient (Wildman–Crippen LogP) is 14.3. The number of unbranched alkanes of at least 4 members (excludes halogenated alkanes) is 30. The Morgan fingerprint density at radius 2 is 0.705 bits per heavy atom. The molecular formula is C42H83N2+. The normalized spacial score (nSPS) is 11.6. The molecule has 0 aliphatic heterocycles. The van der Waals surface area contributed by atoms with Gasteiger partial charge >= 0.3 is 0 Å². The molecule has 0 aliphatic rings. The zero-order chi connectivity index (χ0) is 31.6. The van der Waals surface area contributed by atoms with E-state index in [0.29, 0.717) is 0 Å². The summed E-state index contributed by atoms with van der Waals surface area (Å²) in [6.45, 7) is 9.41. The van der Waals surface area contributed by atoms with Crippen molar-refractivity contribution in [3.05, 3.63) is 18.2 Å². The topological polar surface area (TPSA) is 8.81 Å². The quantitative estimate of drug-likeness (QED) is 0.0524. The van der Waals surface area contributed by atoms with Crippen molar-refractivity contribution in [3.63, 3.8) is 0 Å². The van der Waals surface area contributed by atoms with Crippen LogP contribution in [0, 0.1) is 0 Å². The third-order valence-electron chi connectivity index (χ3n) is 10.1. The molecule has 1 heterocycles. The van der Waals surface area contributed by atoms with Crippen LogP contribution < -0.4 is 4.57 Å². The SMILES string of the molecule is CCCCCCCCCCCCCCCCn1cc[n+](CCCCCCCCCCCCCCCC)c1CCCCCCC. The highest BCUT2D eigenvalue weighted by Crippen LogP contribution is 2.15. The lowest BCUT2D eigenvalue weighted by Gasteiger charge is -2.07. The highest BCUT2D eigenvalue weighted by Gasteiger charge is 2.16. The van der Waals surface area contributed by atoms with Gasteiger partial charge in [0.15, 0.2) is 0 Å². The maximum absolute atomic E-state index is 2.63. The minimum Gasteiger partial charge on any atom is -0.234 e. The second-order valence-electron chi connectivity index (χ2n) is 14.5. The fraction of sp³-hybridized carbons (Fsp3) is 0.929. The first-order chi connectivity index (χ1) is 21.8. The standard InChI is InChI=1S/C42H83N2/c1-4-7-10-13-15-17-19-21-23-25-27-29-32-35-38-43-40-41-44(42(43)37-34-31-12-9-6-3)39-36-33-30-28-26-24-22-20-18-16-14-11-8-5-2/h40-41H,4-39H2,1-3H3/q+1. The Morgan fingerprint density at radius 3 is 1.09 bits per heavy atom. The van der Waals surface area contributed by atoms with Gasteiger partial charge in [0.05, 0.1) is 13.1 Å². The molecule has 0 N–H and O–H groups in total. The first-order valence-corrected chi connectivity index (χ1v) is 20.9. The molecule has 1 aromatic rings. The fourth-order valence-corrected chi connectivity index (χ4v) is 7.03. The van der Waals surface area contributed by atoms with E-state index in [1.165, 1.54) is 231 Å². The molecule has 1 aromatic heterocycles. The molecule has 0 bridgehead atoms. The van der Waals surface area contributed by atoms with Gasteiger partial charge in [-0.05, 0) is 32.1 Å². The summed E-state index contributed by atoms with van der Waals surface area (Å²) < 4.78 is 5.26. The van der Waals surface area contributed by atoms with Crippen LogP contribution in [0.15, 0.2) is 12.4 Å². The van der Waals surface area contributed by atoms with Crippen LogP contribution in [-0.4, -0.2) is 4.57 Å². The van der Waals surface area contributed by atoms with Crippen molar-refractivity contribution in [2.45, 2.75) is 252 Å². The van der Waals surface area contributed by atoms with E-state index < -0.39 is 0 Å². The number of hydrogen-bond acceptors (Lipinski definition) is 0. The molecule has 2 heteroatoms. The fourth-order valence-electron chi connectivity index (χ4n) is 7.03. The third kappa shape index (κ3) is 25.4. The Hall–Kier alpha value is -0.790. The van der Waals surface area contributed by atoms with E-state index in [1.54, 1.807) is 5.82 Å². The molecule has 0 saturated heterocycles. The number of hydrogen-bond donors (Lipinski definition) is 0. The Kier molecular flexibility index (Phi) is 31.5. The second-order valence-corrected chi connectivity index (χ2v) is 14.5. The van der Waals surface area contributed by atoms with Gasteiger partial charge in [0, 0.05) is 6.42 Å². The van der Waals surface area contributed by atoms with Gasteiger partial charge in [0.2, 0.25) is 0 Å². The summed E-state index contributed by atoms with van der Waals surface area (Å²) in [5.41, 5.74) is 0. The molecule has 0 amide bonds. The molecule has 0 aliphatic carbocycles. The molecule has 0 atom stereocenters. The first-order valence-electron chi connectivity index (χ1n) is 20.9. The molecular weight excluding hydrogens is 532 g/mol. The van der Waals surface area contributed by atoms with Crippen LogP contribution in [0.1, 0.15) is 238 Å². The van der Waals surface area contributed by atoms with Crippen molar-refractivity contribution in [1.82, 2.24) is 4.57 Å². The zero-order valence-electron chi connectivity index (χ0n) is 31.0. The van der Waals surface area contributed by atoms with Gasteiger partial charge < -0.3 is 0 Å². The van der Waals surface area contributed by atoms with Gasteiger partial charge in [0.1, 0.15) is 12.4 Å². The van der Waals surface area contributed by atoms with Crippen molar-refractivity contribution < 1.29 is 4.57 Å². The Morgan fingerprint density at radius 1 is 0.386 bits per heavy atom. The summed E-state index contributed by atoms with van der Waals surface area (Å²) in [5.74, 6) is 1.62. The second kappa shape index (κ2) is 33.6. The van der Waals surface area contributed by atoms with E-state index in [-0.39, 0.29) is 0 Å². The molecule has 0 fully saturated rings. The lowest BCUT2D eigenvalue weighted by molar-refractivity contribution is -0.704. The Bertz CT molecular complexity index is 628. The lowest BCUT2D eigenvalue weighted by Crippen LogP contribution is -2.37. The number of nitrogens with zero attached hydrogens (tertiary/aromatic N) is 2. The minimum atomic E-state index is 1.23. The molecule has 0 spiro atoms. The van der Waals surface area contributed by atoms with Crippen LogP contribution >= 0.6 is 0 Å². The van der Waals surface area contributed by atoms with E-state index in [9.17, 15) is 0 Å². The third-order valence-corrected chi connectivity index (χ3v) is 10.1. The summed E-state index contributed by atoms with van der Waals surface area (Å²) in [6.07, 6.45) is 53.4. The van der Waals surface area contributed by atoms with Gasteiger partial charge in [-0.15, -0.1) is 0 Å². The molecule has 44 heavy (non-hydrogen) atoms. The molecule has 0 aromatic carbocycles. The molecule has 0 radical (unpaired) electrons. The van der Waals surface area contributed by atoms with Crippen LogP contribution in [0.4, 0.5) is 0 Å². The summed E-state index contributed by atoms with van der Waals surface area (Å²) in [7, 11) is 0. The van der Waals surface area contributed by atoms with Crippen LogP contribution in [-0.2, 0) is 19.5 Å². The van der Waals surface area contributed by atoms with E-state index in [0.717, 1.165) is 0 Å². The smallest absolute Gasteiger partial charge is 0.234 e. The Balaban J connectivity index is 2.17. The predicted molar refractivity (Wildman–Crippen MR) is 198 cm³/mol. The van der Waals surface area contributed by atoms with Gasteiger partial charge in [-0.1, -0.05) is 201 Å². The maximum atomic E-state index is 2.63. The number of imidazole rings is 1. The van der Waals surface area contributed by atoms with Crippen LogP contribution in [0.5, 0.6) is 0 Å². The summed E-state index contributed by atoms with van der Waals surface area (Å²) >= 11 is 0. The van der Waals surface area contributed by atoms with Crippen molar-refractivity contribution in [2.75, 3.05) is 0 Å². The Labute approximate surface area is 279 Å². The van der Waals surface area contributed by atoms with Crippen molar-refractivity contribution in [1.29, 1.82) is 0 Å². The largest absolute Gasteiger partial charge is 0.256 e. The first kappa shape index (κ1) is 41.2. The van der Waals surface area contributed by atoms with Crippen molar-refractivity contribution in [3.8, 4) is 0 Å². The number of rotatable bonds is 36. The van der Waals surface area contributed by atoms with Gasteiger partial charge in [-0.3, -0.25) is 0 Å². The lowest BCUT2D eigenvalue weighted by atomic mass is 10.0. The van der Waals surface area contributed by atoms with E-state index in [2.05, 4.69) is 42.3 Å². The highest BCUT2D eigenvalue weighted by atomic mass is 15.1. The monoisotopic (exact) mass is 616 g/mol. The summed E-state index contributed by atoms with van der Waals surface area (Å²) in [4.78, 5) is 0. The molecule has 2 nitrogen and oxygen atoms in total. The molecule has 0 saturated carbocycles. The minimum absolute atomic E-state index is 1.23. The molecule has 260 valence electrons. The van der Waals surface area contributed by atoms with Crippen LogP contribution in [0.25, 0.3) is 0 Å². The van der Waals surface area contributed by atoms with E-state index in [1.807, 2.05) is 0 Å². The number of aryl methyl sites for hydroxylation is 2. The van der Waals surface area contributed by atoms with E-state index in [4.69, 9.17) is 0 Å². The zero-order valence-corrected chi connectivity index (χ0v) is 31.0. The van der Waals surface area contributed by atoms with Gasteiger partial charge in [-0.2, -0.15) is 0 Å². The maximum Gasteiger partial charge on any atom is 0.256 e. The van der Waals surface area contributed by atoms with Crippen LogP contribution in [0.3, 0.4) is 0 Å². The number of aromatic nitrogens is 2. The van der Waals surface area contributed by atoms with Crippen molar-refractivity contribution in [2.24, 2.45) is 0 Å². The van der Waals surface area contributed by atoms with E-state index >= 15 is 0 Å². The van der Waals surface area contributed by atoms with Crippen LogP contribution in [0.2, 0.25) is 0 Å².